The van der Waals surface area contributed by atoms with Gasteiger partial charge >= 0.3 is 0 Å². The molecule has 0 bridgehead atoms. The second-order valence-electron chi connectivity index (χ2n) is 4.03. The Morgan fingerprint density at radius 3 is 2.75 bits per heavy atom. The van der Waals surface area contributed by atoms with Gasteiger partial charge in [0.15, 0.2) is 0 Å². The standard InChI is InChI=1S/C12H9BrClN3O3/c1-16-6-8(17(19)20)5-11(16)12(18)15-10-4-7(14)2-3-9(10)13/h2-6H,1H3,(H,15,18). The number of amides is 1. The van der Waals surface area contributed by atoms with E-state index < -0.39 is 10.8 Å². The Bertz CT molecular complexity index is 699. The summed E-state index contributed by atoms with van der Waals surface area (Å²) in [5, 5.41) is 13.8. The lowest BCUT2D eigenvalue weighted by Crippen LogP contribution is -2.15. The molecule has 0 spiro atoms. The first kappa shape index (κ1) is 14.5. The van der Waals surface area contributed by atoms with E-state index >= 15 is 0 Å². The molecule has 0 aliphatic carbocycles. The van der Waals surface area contributed by atoms with Crippen LogP contribution in [-0.2, 0) is 7.05 Å². The average molecular weight is 359 g/mol. The van der Waals surface area contributed by atoms with E-state index in [-0.39, 0.29) is 11.4 Å². The number of hydrogen-bond acceptors (Lipinski definition) is 3. The fraction of sp³-hybridized carbons (Fsp3) is 0.0833. The lowest BCUT2D eigenvalue weighted by molar-refractivity contribution is -0.384. The first-order chi connectivity index (χ1) is 9.38. The highest BCUT2D eigenvalue weighted by molar-refractivity contribution is 9.10. The van der Waals surface area contributed by atoms with E-state index in [0.717, 1.165) is 0 Å². The van der Waals surface area contributed by atoms with Gasteiger partial charge in [-0.25, -0.2) is 0 Å². The Kier molecular flexibility index (Phi) is 4.10. The molecule has 0 aliphatic heterocycles. The predicted octanol–water partition coefficient (Wildman–Crippen LogP) is 3.60. The Hall–Kier alpha value is -1.86. The molecule has 1 heterocycles. The zero-order chi connectivity index (χ0) is 14.9. The normalized spacial score (nSPS) is 10.3. The molecule has 0 saturated carbocycles. The molecular formula is C12H9BrClN3O3. The molecule has 0 fully saturated rings. The summed E-state index contributed by atoms with van der Waals surface area (Å²) in [6, 6.07) is 6.18. The molecule has 0 radical (unpaired) electrons. The van der Waals surface area contributed by atoms with Crippen LogP contribution in [0.2, 0.25) is 5.02 Å². The van der Waals surface area contributed by atoms with Crippen molar-refractivity contribution in [1.82, 2.24) is 4.57 Å². The van der Waals surface area contributed by atoms with Gasteiger partial charge in [0.2, 0.25) is 0 Å². The van der Waals surface area contributed by atoms with Crippen LogP contribution in [0.1, 0.15) is 10.5 Å². The summed E-state index contributed by atoms with van der Waals surface area (Å²) >= 11 is 9.15. The van der Waals surface area contributed by atoms with E-state index in [4.69, 9.17) is 11.6 Å². The first-order valence-corrected chi connectivity index (χ1v) is 6.62. The smallest absolute Gasteiger partial charge is 0.287 e. The van der Waals surface area contributed by atoms with Gasteiger partial charge in [-0.3, -0.25) is 14.9 Å². The van der Waals surface area contributed by atoms with Crippen molar-refractivity contribution < 1.29 is 9.72 Å². The molecule has 0 atom stereocenters. The fourth-order valence-corrected chi connectivity index (χ4v) is 2.17. The molecule has 0 aliphatic rings. The van der Waals surface area contributed by atoms with Gasteiger partial charge in [0.1, 0.15) is 5.69 Å². The van der Waals surface area contributed by atoms with Crippen LogP contribution < -0.4 is 5.32 Å². The molecule has 20 heavy (non-hydrogen) atoms. The van der Waals surface area contributed by atoms with Gasteiger partial charge in [-0.1, -0.05) is 11.6 Å². The first-order valence-electron chi connectivity index (χ1n) is 5.45. The number of carbonyl (C=O) groups is 1. The van der Waals surface area contributed by atoms with Gasteiger partial charge in [0, 0.05) is 22.6 Å². The molecule has 1 N–H and O–H groups in total. The van der Waals surface area contributed by atoms with Gasteiger partial charge in [-0.05, 0) is 34.1 Å². The highest BCUT2D eigenvalue weighted by Gasteiger charge is 2.18. The highest BCUT2D eigenvalue weighted by atomic mass is 79.9. The van der Waals surface area contributed by atoms with Crippen molar-refractivity contribution in [3.8, 4) is 0 Å². The summed E-state index contributed by atoms with van der Waals surface area (Å²) in [5.74, 6) is -0.455. The summed E-state index contributed by atoms with van der Waals surface area (Å²) in [7, 11) is 1.56. The van der Waals surface area contributed by atoms with Gasteiger partial charge in [0.05, 0.1) is 16.8 Å². The Labute approximate surface area is 127 Å². The highest BCUT2D eigenvalue weighted by Crippen LogP contribution is 2.26. The van der Waals surface area contributed by atoms with E-state index in [1.165, 1.54) is 16.8 Å². The fourth-order valence-electron chi connectivity index (χ4n) is 1.65. The van der Waals surface area contributed by atoms with Gasteiger partial charge in [0.25, 0.3) is 11.6 Å². The Morgan fingerprint density at radius 2 is 2.15 bits per heavy atom. The molecule has 1 aromatic carbocycles. The number of aryl methyl sites for hydroxylation is 1. The predicted molar refractivity (Wildman–Crippen MR) is 79.2 cm³/mol. The van der Waals surface area contributed by atoms with Gasteiger partial charge in [-0.15, -0.1) is 0 Å². The molecule has 2 rings (SSSR count). The maximum absolute atomic E-state index is 12.1. The lowest BCUT2D eigenvalue weighted by Gasteiger charge is -2.08. The van der Waals surface area contributed by atoms with E-state index in [9.17, 15) is 14.9 Å². The number of hydrogen-bond donors (Lipinski definition) is 1. The van der Waals surface area contributed by atoms with Crippen LogP contribution in [0.3, 0.4) is 0 Å². The maximum Gasteiger partial charge on any atom is 0.287 e. The molecule has 1 aromatic heterocycles. The number of rotatable bonds is 3. The Morgan fingerprint density at radius 1 is 1.45 bits per heavy atom. The van der Waals surface area contributed by atoms with Crippen LogP contribution in [0.15, 0.2) is 34.9 Å². The molecule has 8 heteroatoms. The minimum Gasteiger partial charge on any atom is -0.340 e. The van der Waals surface area contributed by atoms with E-state index in [2.05, 4.69) is 21.2 Å². The third-order valence-corrected chi connectivity index (χ3v) is 3.54. The number of nitro groups is 1. The summed E-state index contributed by atoms with van der Waals surface area (Å²) in [6.45, 7) is 0. The van der Waals surface area contributed by atoms with Crippen molar-refractivity contribution in [2.75, 3.05) is 5.32 Å². The van der Waals surface area contributed by atoms with Crippen molar-refractivity contribution in [2.24, 2.45) is 7.05 Å². The molecule has 6 nitrogen and oxygen atoms in total. The van der Waals surface area contributed by atoms with Crippen molar-refractivity contribution in [2.45, 2.75) is 0 Å². The number of nitrogens with zero attached hydrogens (tertiary/aromatic N) is 2. The number of carbonyl (C=O) groups excluding carboxylic acids is 1. The minimum atomic E-state index is -0.550. The van der Waals surface area contributed by atoms with E-state index in [0.29, 0.717) is 15.2 Å². The van der Waals surface area contributed by atoms with Crippen LogP contribution in [0.25, 0.3) is 0 Å². The summed E-state index contributed by atoms with van der Waals surface area (Å²) in [4.78, 5) is 22.2. The van der Waals surface area contributed by atoms with E-state index in [1.807, 2.05) is 0 Å². The number of anilines is 1. The van der Waals surface area contributed by atoms with Crippen molar-refractivity contribution >= 4 is 44.8 Å². The van der Waals surface area contributed by atoms with Crippen LogP contribution in [0.5, 0.6) is 0 Å². The second-order valence-corrected chi connectivity index (χ2v) is 5.32. The summed E-state index contributed by atoms with van der Waals surface area (Å²) in [6.07, 6.45) is 1.28. The summed E-state index contributed by atoms with van der Waals surface area (Å²) < 4.78 is 2.06. The zero-order valence-corrected chi connectivity index (χ0v) is 12.6. The molecule has 0 saturated heterocycles. The maximum atomic E-state index is 12.1. The van der Waals surface area contributed by atoms with Gasteiger partial charge in [-0.2, -0.15) is 0 Å². The van der Waals surface area contributed by atoms with Crippen molar-refractivity contribution in [1.29, 1.82) is 0 Å². The number of nitrogens with one attached hydrogen (secondary N) is 1. The SMILES string of the molecule is Cn1cc([N+](=O)[O-])cc1C(=O)Nc1cc(Cl)ccc1Br. The minimum absolute atomic E-state index is 0.136. The van der Waals surface area contributed by atoms with Crippen LogP contribution in [-0.4, -0.2) is 15.4 Å². The van der Waals surface area contributed by atoms with Gasteiger partial charge < -0.3 is 9.88 Å². The molecule has 104 valence electrons. The monoisotopic (exact) mass is 357 g/mol. The molecular weight excluding hydrogens is 350 g/mol. The van der Waals surface area contributed by atoms with E-state index in [1.54, 1.807) is 25.2 Å². The topological polar surface area (TPSA) is 77.2 Å². The Balaban J connectivity index is 2.28. The van der Waals surface area contributed by atoms with Crippen molar-refractivity contribution in [3.05, 3.63) is 55.8 Å². The molecule has 2 aromatic rings. The average Bonchev–Trinajstić information content (AvgIpc) is 2.76. The van der Waals surface area contributed by atoms with Crippen LogP contribution in [0.4, 0.5) is 11.4 Å². The summed E-state index contributed by atoms with van der Waals surface area (Å²) in [5.41, 5.74) is 0.540. The third-order valence-electron chi connectivity index (χ3n) is 2.61. The zero-order valence-electron chi connectivity index (χ0n) is 10.3. The van der Waals surface area contributed by atoms with Crippen LogP contribution >= 0.6 is 27.5 Å². The molecule has 0 unspecified atom stereocenters. The largest absolute Gasteiger partial charge is 0.340 e. The number of benzene rings is 1. The van der Waals surface area contributed by atoms with Crippen LogP contribution in [0, 0.1) is 10.1 Å². The molecule has 1 amide bonds. The number of aromatic nitrogens is 1. The number of halogens is 2. The lowest BCUT2D eigenvalue weighted by atomic mass is 10.3. The second kappa shape index (κ2) is 5.64. The quantitative estimate of drug-likeness (QED) is 0.672. The third kappa shape index (κ3) is 3.00. The van der Waals surface area contributed by atoms with Crippen molar-refractivity contribution in [3.63, 3.8) is 0 Å².